The molecule has 160 valence electrons. The molecule has 0 spiro atoms. The number of carbonyl (C=O) groups excluding carboxylic acids is 1. The second kappa shape index (κ2) is 10.4. The summed E-state index contributed by atoms with van der Waals surface area (Å²) in [4.78, 5) is 12.5. The van der Waals surface area contributed by atoms with Crippen LogP contribution in [0.5, 0.6) is 11.5 Å². The van der Waals surface area contributed by atoms with Gasteiger partial charge in [-0.05, 0) is 48.9 Å². The molecule has 30 heavy (non-hydrogen) atoms. The molecular formula is C21H25N3O5S. The van der Waals surface area contributed by atoms with Gasteiger partial charge in [-0.2, -0.15) is 5.10 Å². The molecule has 0 radical (unpaired) electrons. The molecule has 0 unspecified atom stereocenters. The summed E-state index contributed by atoms with van der Waals surface area (Å²) in [6.45, 7) is 5.46. The van der Waals surface area contributed by atoms with Crippen molar-refractivity contribution in [2.24, 2.45) is 5.10 Å². The second-order valence-electron chi connectivity index (χ2n) is 6.34. The summed E-state index contributed by atoms with van der Waals surface area (Å²) in [5, 5.41) is 3.93. The van der Waals surface area contributed by atoms with Crippen molar-refractivity contribution in [1.29, 1.82) is 0 Å². The number of hydrogen-bond donors (Lipinski definition) is 1. The standard InChI is InChI=1S/C21H25N3O5S/c1-5-13-29-20-8-6-7-17(14-20)15-22-23-21(25)16(2)24(30(4,26)27)18-9-11-19(28-3)12-10-18/h5-12,14-16H,1,13H2,2-4H3,(H,23,25)/b22-15-/t16-/m0/s1. The van der Waals surface area contributed by atoms with E-state index in [9.17, 15) is 13.2 Å². The highest BCUT2D eigenvalue weighted by atomic mass is 32.2. The van der Waals surface area contributed by atoms with Crippen LogP contribution in [0.4, 0.5) is 5.69 Å². The van der Waals surface area contributed by atoms with Crippen molar-refractivity contribution in [1.82, 2.24) is 5.43 Å². The van der Waals surface area contributed by atoms with Crippen molar-refractivity contribution in [2.75, 3.05) is 24.3 Å². The maximum absolute atomic E-state index is 12.5. The van der Waals surface area contributed by atoms with E-state index in [4.69, 9.17) is 9.47 Å². The molecule has 0 heterocycles. The molecule has 0 fully saturated rings. The highest BCUT2D eigenvalue weighted by Gasteiger charge is 2.29. The van der Waals surface area contributed by atoms with Crippen molar-refractivity contribution in [3.63, 3.8) is 0 Å². The van der Waals surface area contributed by atoms with Gasteiger partial charge in [-0.3, -0.25) is 9.10 Å². The summed E-state index contributed by atoms with van der Waals surface area (Å²) >= 11 is 0. The predicted molar refractivity (Wildman–Crippen MR) is 118 cm³/mol. The average molecular weight is 432 g/mol. The van der Waals surface area contributed by atoms with Gasteiger partial charge in [0, 0.05) is 0 Å². The topological polar surface area (TPSA) is 97.3 Å². The zero-order valence-corrected chi connectivity index (χ0v) is 17.9. The van der Waals surface area contributed by atoms with Crippen molar-refractivity contribution < 1.29 is 22.7 Å². The number of benzene rings is 2. The molecule has 9 heteroatoms. The van der Waals surface area contributed by atoms with Gasteiger partial charge in [-0.1, -0.05) is 24.8 Å². The number of ether oxygens (including phenoxy) is 2. The minimum absolute atomic E-state index is 0.344. The Bertz CT molecular complexity index is 1000. The van der Waals surface area contributed by atoms with E-state index in [1.165, 1.54) is 20.2 Å². The minimum Gasteiger partial charge on any atom is -0.497 e. The van der Waals surface area contributed by atoms with Gasteiger partial charge in [0.2, 0.25) is 10.0 Å². The Labute approximate surface area is 176 Å². The molecule has 0 bridgehead atoms. The van der Waals surface area contributed by atoms with Crippen molar-refractivity contribution in [3.05, 3.63) is 66.7 Å². The van der Waals surface area contributed by atoms with Crippen LogP contribution in [0.3, 0.4) is 0 Å². The summed E-state index contributed by atoms with van der Waals surface area (Å²) in [6.07, 6.45) is 4.13. The molecule has 2 aromatic rings. The Balaban J connectivity index is 2.11. The van der Waals surface area contributed by atoms with Crippen LogP contribution in [0, 0.1) is 0 Å². The van der Waals surface area contributed by atoms with Crippen LogP contribution in [-0.4, -0.2) is 46.6 Å². The van der Waals surface area contributed by atoms with Crippen LogP contribution in [0.15, 0.2) is 66.3 Å². The van der Waals surface area contributed by atoms with Gasteiger partial charge in [0.25, 0.3) is 5.91 Å². The van der Waals surface area contributed by atoms with Gasteiger partial charge < -0.3 is 9.47 Å². The van der Waals surface area contributed by atoms with Crippen LogP contribution in [0.2, 0.25) is 0 Å². The molecule has 0 saturated carbocycles. The third-order valence-electron chi connectivity index (χ3n) is 4.03. The molecule has 1 amide bonds. The van der Waals surface area contributed by atoms with E-state index in [0.29, 0.717) is 29.4 Å². The minimum atomic E-state index is -3.72. The number of carbonyl (C=O) groups is 1. The maximum Gasteiger partial charge on any atom is 0.263 e. The highest BCUT2D eigenvalue weighted by molar-refractivity contribution is 7.92. The van der Waals surface area contributed by atoms with Crippen LogP contribution in [0.25, 0.3) is 0 Å². The molecule has 0 aliphatic heterocycles. The van der Waals surface area contributed by atoms with E-state index < -0.39 is 22.0 Å². The lowest BCUT2D eigenvalue weighted by atomic mass is 10.2. The second-order valence-corrected chi connectivity index (χ2v) is 8.20. The molecule has 0 aromatic heterocycles. The van der Waals surface area contributed by atoms with Gasteiger partial charge >= 0.3 is 0 Å². The summed E-state index contributed by atoms with van der Waals surface area (Å²) in [7, 11) is -2.21. The van der Waals surface area contributed by atoms with E-state index in [1.54, 1.807) is 54.6 Å². The lowest BCUT2D eigenvalue weighted by Gasteiger charge is -2.27. The number of sulfonamides is 1. The molecule has 0 saturated heterocycles. The van der Waals surface area contributed by atoms with Crippen molar-refractivity contribution >= 4 is 27.8 Å². The number of rotatable bonds is 10. The van der Waals surface area contributed by atoms with E-state index in [-0.39, 0.29) is 0 Å². The monoisotopic (exact) mass is 431 g/mol. The number of methoxy groups -OCH3 is 1. The fraction of sp³-hybridized carbons (Fsp3) is 0.238. The van der Waals surface area contributed by atoms with E-state index in [0.717, 1.165) is 10.6 Å². The van der Waals surface area contributed by atoms with Crippen LogP contribution in [0.1, 0.15) is 12.5 Å². The zero-order valence-electron chi connectivity index (χ0n) is 17.1. The third-order valence-corrected chi connectivity index (χ3v) is 5.27. The van der Waals surface area contributed by atoms with E-state index >= 15 is 0 Å². The Morgan fingerprint density at radius 3 is 2.53 bits per heavy atom. The van der Waals surface area contributed by atoms with Gasteiger partial charge in [-0.15, -0.1) is 0 Å². The number of anilines is 1. The summed E-state index contributed by atoms with van der Waals surface area (Å²) in [5.41, 5.74) is 3.43. The Morgan fingerprint density at radius 1 is 1.23 bits per heavy atom. The van der Waals surface area contributed by atoms with Crippen LogP contribution >= 0.6 is 0 Å². The molecule has 1 N–H and O–H groups in total. The first-order valence-corrected chi connectivity index (χ1v) is 10.9. The van der Waals surface area contributed by atoms with E-state index in [2.05, 4.69) is 17.1 Å². The average Bonchev–Trinajstić information content (AvgIpc) is 2.72. The molecule has 8 nitrogen and oxygen atoms in total. The molecule has 1 atom stereocenters. The third kappa shape index (κ3) is 6.35. The smallest absolute Gasteiger partial charge is 0.263 e. The van der Waals surface area contributed by atoms with Crippen molar-refractivity contribution in [3.8, 4) is 11.5 Å². The van der Waals surface area contributed by atoms with Crippen LogP contribution in [-0.2, 0) is 14.8 Å². The maximum atomic E-state index is 12.5. The SMILES string of the molecule is C=CCOc1cccc(/C=N\NC(=O)[C@H](C)N(c2ccc(OC)cc2)S(C)(=O)=O)c1. The number of hydrogen-bond acceptors (Lipinski definition) is 6. The first kappa shape index (κ1) is 23.0. The number of nitrogens with one attached hydrogen (secondary N) is 1. The lowest BCUT2D eigenvalue weighted by Crippen LogP contribution is -2.46. The summed E-state index contributed by atoms with van der Waals surface area (Å²) in [5.74, 6) is 0.640. The summed E-state index contributed by atoms with van der Waals surface area (Å²) in [6, 6.07) is 12.5. The number of amides is 1. The Morgan fingerprint density at radius 2 is 1.93 bits per heavy atom. The highest BCUT2D eigenvalue weighted by Crippen LogP contribution is 2.23. The fourth-order valence-corrected chi connectivity index (χ4v) is 3.82. The van der Waals surface area contributed by atoms with Gasteiger partial charge in [0.15, 0.2) is 0 Å². The van der Waals surface area contributed by atoms with Crippen LogP contribution < -0.4 is 19.2 Å². The molecule has 0 aliphatic carbocycles. The first-order chi connectivity index (χ1) is 14.3. The lowest BCUT2D eigenvalue weighted by molar-refractivity contribution is -0.121. The first-order valence-electron chi connectivity index (χ1n) is 9.06. The van der Waals surface area contributed by atoms with E-state index in [1.807, 2.05) is 0 Å². The van der Waals surface area contributed by atoms with Gasteiger partial charge in [0.1, 0.15) is 24.1 Å². The van der Waals surface area contributed by atoms with Crippen molar-refractivity contribution in [2.45, 2.75) is 13.0 Å². The Hall–Kier alpha value is -3.33. The van der Waals surface area contributed by atoms with Gasteiger partial charge in [0.05, 0.1) is 25.3 Å². The normalized spacial score (nSPS) is 12.2. The van der Waals surface area contributed by atoms with Gasteiger partial charge in [-0.25, -0.2) is 13.8 Å². The zero-order chi connectivity index (χ0) is 22.1. The predicted octanol–water partition coefficient (Wildman–Crippen LogP) is 2.56. The molecule has 2 rings (SSSR count). The Kier molecular flexibility index (Phi) is 7.99. The summed E-state index contributed by atoms with van der Waals surface area (Å²) < 4.78 is 36.2. The molecule has 0 aliphatic rings. The largest absolute Gasteiger partial charge is 0.497 e. The molecular weight excluding hydrogens is 406 g/mol. The fourth-order valence-electron chi connectivity index (χ4n) is 2.64. The number of nitrogens with zero attached hydrogens (tertiary/aromatic N) is 2. The molecule has 2 aromatic carbocycles. The quantitative estimate of drug-likeness (QED) is 0.354. The number of hydrazone groups is 1.